The van der Waals surface area contributed by atoms with Crippen LogP contribution < -0.4 is 0 Å². The van der Waals surface area contributed by atoms with Gasteiger partial charge in [-0.1, -0.05) is 26.0 Å². The summed E-state index contributed by atoms with van der Waals surface area (Å²) in [4.78, 5) is 13.7. The summed E-state index contributed by atoms with van der Waals surface area (Å²) in [5, 5.41) is 1.26. The smallest absolute Gasteiger partial charge is 0.0655 e. The molecule has 5 heterocycles. The first-order valence-electron chi connectivity index (χ1n) is 8.59. The zero-order valence-corrected chi connectivity index (χ0v) is 13.9. The van der Waals surface area contributed by atoms with Crippen molar-refractivity contribution < 1.29 is 0 Å². The first-order valence-corrected chi connectivity index (χ1v) is 8.59. The maximum atomic E-state index is 5.14. The minimum absolute atomic E-state index is 0.288. The van der Waals surface area contributed by atoms with E-state index in [4.69, 9.17) is 4.99 Å². The molecule has 2 aromatic rings. The van der Waals surface area contributed by atoms with Crippen LogP contribution in [-0.4, -0.2) is 59.9 Å². The number of aromatic amines is 1. The van der Waals surface area contributed by atoms with Crippen LogP contribution in [0.4, 0.5) is 0 Å². The summed E-state index contributed by atoms with van der Waals surface area (Å²) < 4.78 is 0. The monoisotopic (exact) mass is 308 g/mol. The summed E-state index contributed by atoms with van der Waals surface area (Å²) in [6.07, 6.45) is 4.10. The molecule has 1 aromatic heterocycles. The fourth-order valence-corrected chi connectivity index (χ4v) is 5.59. The SMILES string of the molecule is CC12CN3CN(C1)CC(C)(C3)C2N=Cc1ccc2cc[nH]c2c1. The van der Waals surface area contributed by atoms with E-state index in [0.717, 1.165) is 6.67 Å². The fourth-order valence-electron chi connectivity index (χ4n) is 5.59. The second-order valence-corrected chi connectivity index (χ2v) is 8.43. The van der Waals surface area contributed by atoms with Crippen molar-refractivity contribution in [1.82, 2.24) is 14.8 Å². The molecule has 4 saturated heterocycles. The zero-order valence-electron chi connectivity index (χ0n) is 13.9. The molecule has 4 nitrogen and oxygen atoms in total. The minimum atomic E-state index is 0.288. The largest absolute Gasteiger partial charge is 0.361 e. The first-order chi connectivity index (χ1) is 11.0. The van der Waals surface area contributed by atoms with Gasteiger partial charge in [0.15, 0.2) is 0 Å². The molecule has 0 unspecified atom stereocenters. The van der Waals surface area contributed by atoms with Crippen molar-refractivity contribution in [3.05, 3.63) is 36.0 Å². The average Bonchev–Trinajstić information content (AvgIpc) is 2.91. The zero-order chi connectivity index (χ0) is 15.7. The Hall–Kier alpha value is -1.65. The lowest BCUT2D eigenvalue weighted by Crippen LogP contribution is -2.75. The fraction of sp³-hybridized carbons (Fsp3) is 0.526. The van der Waals surface area contributed by atoms with Crippen LogP contribution in [0.2, 0.25) is 0 Å². The number of aliphatic imine (C=N–C) groups is 1. The van der Waals surface area contributed by atoms with Crippen LogP contribution in [0.3, 0.4) is 0 Å². The van der Waals surface area contributed by atoms with E-state index >= 15 is 0 Å². The van der Waals surface area contributed by atoms with E-state index in [9.17, 15) is 0 Å². The molecule has 1 N–H and O–H groups in total. The van der Waals surface area contributed by atoms with Crippen molar-refractivity contribution in [2.45, 2.75) is 19.9 Å². The number of benzene rings is 1. The van der Waals surface area contributed by atoms with Gasteiger partial charge in [0.05, 0.1) is 12.7 Å². The minimum Gasteiger partial charge on any atom is -0.361 e. The first kappa shape index (κ1) is 13.8. The van der Waals surface area contributed by atoms with Crippen LogP contribution in [0.1, 0.15) is 19.4 Å². The summed E-state index contributed by atoms with van der Waals surface area (Å²) in [6.45, 7) is 10.8. The highest BCUT2D eigenvalue weighted by molar-refractivity contribution is 5.88. The Kier molecular flexibility index (Phi) is 2.67. The van der Waals surface area contributed by atoms with E-state index in [0.29, 0.717) is 6.04 Å². The van der Waals surface area contributed by atoms with Gasteiger partial charge in [-0.25, -0.2) is 0 Å². The van der Waals surface area contributed by atoms with Gasteiger partial charge in [0, 0.05) is 54.9 Å². The lowest BCUT2D eigenvalue weighted by Gasteiger charge is -2.65. The number of hydrogen-bond acceptors (Lipinski definition) is 3. The predicted molar refractivity (Wildman–Crippen MR) is 93.9 cm³/mol. The second kappa shape index (κ2) is 4.46. The average molecular weight is 308 g/mol. The van der Waals surface area contributed by atoms with E-state index in [1.54, 1.807) is 0 Å². The predicted octanol–water partition coefficient (Wildman–Crippen LogP) is 2.57. The quantitative estimate of drug-likeness (QED) is 0.865. The molecule has 0 atom stereocenters. The Bertz CT molecular complexity index is 754. The summed E-state index contributed by atoms with van der Waals surface area (Å²) in [5.41, 5.74) is 2.96. The Balaban J connectivity index is 1.48. The van der Waals surface area contributed by atoms with Gasteiger partial charge in [-0.05, 0) is 23.1 Å². The molecule has 23 heavy (non-hydrogen) atoms. The van der Waals surface area contributed by atoms with Gasteiger partial charge in [0.25, 0.3) is 0 Å². The lowest BCUT2D eigenvalue weighted by molar-refractivity contribution is -0.165. The number of fused-ring (bicyclic) bond motifs is 1. The van der Waals surface area contributed by atoms with Crippen molar-refractivity contribution in [3.63, 3.8) is 0 Å². The van der Waals surface area contributed by atoms with Gasteiger partial charge in [-0.2, -0.15) is 0 Å². The van der Waals surface area contributed by atoms with Gasteiger partial charge >= 0.3 is 0 Å². The van der Waals surface area contributed by atoms with Crippen molar-refractivity contribution >= 4 is 17.1 Å². The Morgan fingerprint density at radius 3 is 2.48 bits per heavy atom. The van der Waals surface area contributed by atoms with Gasteiger partial charge in [-0.3, -0.25) is 14.8 Å². The van der Waals surface area contributed by atoms with E-state index < -0.39 is 0 Å². The Morgan fingerprint density at radius 2 is 1.78 bits per heavy atom. The van der Waals surface area contributed by atoms with Crippen molar-refractivity contribution in [3.8, 4) is 0 Å². The van der Waals surface area contributed by atoms with Crippen molar-refractivity contribution in [2.75, 3.05) is 32.8 Å². The molecule has 120 valence electrons. The molecular formula is C19H24N4. The molecule has 6 rings (SSSR count). The van der Waals surface area contributed by atoms with Crippen LogP contribution in [0.25, 0.3) is 10.9 Å². The van der Waals surface area contributed by atoms with E-state index in [1.165, 1.54) is 42.6 Å². The second-order valence-electron chi connectivity index (χ2n) is 8.43. The summed E-state index contributed by atoms with van der Waals surface area (Å²) >= 11 is 0. The number of hydrogen-bond donors (Lipinski definition) is 1. The third kappa shape index (κ3) is 2.01. The van der Waals surface area contributed by atoms with Crippen molar-refractivity contribution in [2.24, 2.45) is 15.8 Å². The highest BCUT2D eigenvalue weighted by atomic mass is 15.4. The molecule has 4 fully saturated rings. The molecule has 1 aromatic carbocycles. The number of nitrogens with one attached hydrogen (secondary N) is 1. The van der Waals surface area contributed by atoms with E-state index in [1.807, 2.05) is 6.20 Å². The number of aromatic nitrogens is 1. The molecule has 4 heteroatoms. The van der Waals surface area contributed by atoms with Crippen LogP contribution in [0.5, 0.6) is 0 Å². The molecule has 4 aliphatic rings. The van der Waals surface area contributed by atoms with Crippen LogP contribution >= 0.6 is 0 Å². The Labute approximate surface area is 137 Å². The van der Waals surface area contributed by atoms with Crippen LogP contribution in [0, 0.1) is 10.8 Å². The van der Waals surface area contributed by atoms with Gasteiger partial charge in [0.1, 0.15) is 0 Å². The highest BCUT2D eigenvalue weighted by Crippen LogP contribution is 2.50. The molecule has 0 amide bonds. The normalized spacial score (nSPS) is 42.1. The third-order valence-corrected chi connectivity index (χ3v) is 6.01. The van der Waals surface area contributed by atoms with Crippen LogP contribution in [0.15, 0.2) is 35.5 Å². The van der Waals surface area contributed by atoms with Crippen LogP contribution in [-0.2, 0) is 0 Å². The molecule has 4 aliphatic heterocycles. The molecule has 0 radical (unpaired) electrons. The lowest BCUT2D eigenvalue weighted by atomic mass is 9.60. The highest BCUT2D eigenvalue weighted by Gasteiger charge is 2.59. The van der Waals surface area contributed by atoms with Crippen molar-refractivity contribution in [1.29, 1.82) is 0 Å². The van der Waals surface area contributed by atoms with E-state index in [-0.39, 0.29) is 10.8 Å². The standard InChI is InChI=1S/C19H24N4/c1-18-9-22-11-19(2,12-23(10-18)13-22)17(18)21-8-14-3-4-15-5-6-20-16(15)7-14/h3-8,17,20H,9-13H2,1-2H3. The molecular weight excluding hydrogens is 284 g/mol. The number of rotatable bonds is 2. The molecule has 0 saturated carbocycles. The summed E-state index contributed by atoms with van der Waals surface area (Å²) in [7, 11) is 0. The summed E-state index contributed by atoms with van der Waals surface area (Å²) in [5.74, 6) is 0. The van der Waals surface area contributed by atoms with Gasteiger partial charge in [-0.15, -0.1) is 0 Å². The molecule has 0 spiro atoms. The van der Waals surface area contributed by atoms with Gasteiger partial charge in [0.2, 0.25) is 0 Å². The number of H-pyrrole nitrogens is 1. The molecule has 0 aliphatic carbocycles. The number of piperidine rings is 2. The number of nitrogens with zero attached hydrogens (tertiary/aromatic N) is 3. The third-order valence-electron chi connectivity index (χ3n) is 6.01. The Morgan fingerprint density at radius 1 is 1.09 bits per heavy atom. The molecule has 4 bridgehead atoms. The van der Waals surface area contributed by atoms with E-state index in [2.05, 4.69) is 59.1 Å². The maximum absolute atomic E-state index is 5.14. The summed E-state index contributed by atoms with van der Waals surface area (Å²) in [6, 6.07) is 9.08. The maximum Gasteiger partial charge on any atom is 0.0655 e. The topological polar surface area (TPSA) is 34.6 Å². The van der Waals surface area contributed by atoms with Gasteiger partial charge < -0.3 is 4.98 Å².